The van der Waals surface area contributed by atoms with Gasteiger partial charge in [0.05, 0.1) is 17.9 Å². The molecule has 1 heterocycles. The first-order valence-electron chi connectivity index (χ1n) is 9.05. The number of furan rings is 1. The number of Topliss-reactive ketones (excluding diaryl/α,β-unsaturated/α-hetero) is 1. The second kappa shape index (κ2) is 4.72. The zero-order valence-corrected chi connectivity index (χ0v) is 14.7. The zero-order chi connectivity index (χ0) is 16.6. The summed E-state index contributed by atoms with van der Waals surface area (Å²) in [6.07, 6.45) is 6.42. The minimum atomic E-state index is -0.362. The fourth-order valence-electron chi connectivity index (χ4n) is 6.43. The Hall–Kier alpha value is -1.09. The maximum absolute atomic E-state index is 12.8. The molecule has 23 heavy (non-hydrogen) atoms. The molecule has 2 saturated carbocycles. The first-order valence-corrected chi connectivity index (χ1v) is 9.05. The highest BCUT2D eigenvalue weighted by Crippen LogP contribution is 2.65. The van der Waals surface area contributed by atoms with Crippen molar-refractivity contribution in [2.24, 2.45) is 22.7 Å². The predicted octanol–water partition coefficient (Wildman–Crippen LogP) is 4.47. The third kappa shape index (κ3) is 1.95. The molecule has 0 aromatic carbocycles. The van der Waals surface area contributed by atoms with Crippen molar-refractivity contribution in [3.63, 3.8) is 0 Å². The van der Waals surface area contributed by atoms with Gasteiger partial charge in [-0.05, 0) is 48.9 Å². The molecule has 0 radical (unpaired) electrons. The highest BCUT2D eigenvalue weighted by molar-refractivity contribution is 6.00. The number of aliphatic hydroxyl groups excluding tert-OH is 1. The molecular formula is C20H28O3. The molecule has 3 aliphatic rings. The van der Waals surface area contributed by atoms with E-state index in [0.29, 0.717) is 18.1 Å². The summed E-state index contributed by atoms with van der Waals surface area (Å²) in [5, 5.41) is 11.0. The molecule has 2 fully saturated rings. The van der Waals surface area contributed by atoms with E-state index in [9.17, 15) is 9.90 Å². The number of carbonyl (C=O) groups is 1. The van der Waals surface area contributed by atoms with Crippen LogP contribution in [0, 0.1) is 29.6 Å². The number of rotatable bonds is 0. The summed E-state index contributed by atoms with van der Waals surface area (Å²) < 4.78 is 5.56. The van der Waals surface area contributed by atoms with Crippen LogP contribution in [0.2, 0.25) is 0 Å². The topological polar surface area (TPSA) is 50.4 Å². The monoisotopic (exact) mass is 316 g/mol. The molecule has 3 nitrogen and oxygen atoms in total. The lowest BCUT2D eigenvalue weighted by molar-refractivity contribution is -0.124. The lowest BCUT2D eigenvalue weighted by Gasteiger charge is -2.61. The first-order chi connectivity index (χ1) is 10.8. The molecular weight excluding hydrogens is 288 g/mol. The molecule has 0 amide bonds. The minimum absolute atomic E-state index is 0.0651. The summed E-state index contributed by atoms with van der Waals surface area (Å²) in [5.74, 6) is 1.72. The van der Waals surface area contributed by atoms with Crippen LogP contribution < -0.4 is 0 Å². The molecule has 0 aliphatic heterocycles. The number of aryl methyl sites for hydroxylation is 1. The summed E-state index contributed by atoms with van der Waals surface area (Å²) in [5.41, 5.74) is 2.11. The Morgan fingerprint density at radius 2 is 2.00 bits per heavy atom. The van der Waals surface area contributed by atoms with Crippen LogP contribution in [-0.4, -0.2) is 17.0 Å². The Balaban J connectivity index is 1.83. The molecule has 0 saturated heterocycles. The molecule has 4 rings (SSSR count). The molecule has 1 N–H and O–H groups in total. The van der Waals surface area contributed by atoms with Gasteiger partial charge in [0.25, 0.3) is 0 Å². The zero-order valence-electron chi connectivity index (χ0n) is 14.7. The van der Waals surface area contributed by atoms with E-state index in [1.807, 2.05) is 6.92 Å². The third-order valence-corrected chi connectivity index (χ3v) is 7.49. The van der Waals surface area contributed by atoms with E-state index in [1.165, 1.54) is 19.3 Å². The smallest absolute Gasteiger partial charge is 0.166 e. The molecule has 1 aromatic heterocycles. The quantitative estimate of drug-likeness (QED) is 0.768. The second-order valence-corrected chi connectivity index (χ2v) is 9.09. The minimum Gasteiger partial charge on any atom is -0.469 e. The highest BCUT2D eigenvalue weighted by atomic mass is 16.3. The largest absolute Gasteiger partial charge is 0.469 e. The van der Waals surface area contributed by atoms with Crippen LogP contribution in [-0.2, 0) is 0 Å². The normalized spacial score (nSPS) is 41.9. The Labute approximate surface area is 138 Å². The highest BCUT2D eigenvalue weighted by Gasteiger charge is 2.59. The van der Waals surface area contributed by atoms with Crippen LogP contribution in [0.5, 0.6) is 0 Å². The molecule has 3 heteroatoms. The van der Waals surface area contributed by atoms with Crippen LogP contribution in [0.15, 0.2) is 10.7 Å². The number of hydrogen-bond acceptors (Lipinski definition) is 3. The summed E-state index contributed by atoms with van der Waals surface area (Å²) in [4.78, 5) is 12.8. The maximum atomic E-state index is 12.8. The van der Waals surface area contributed by atoms with Crippen LogP contribution in [0.3, 0.4) is 0 Å². The van der Waals surface area contributed by atoms with Crippen LogP contribution >= 0.6 is 0 Å². The SMILES string of the molecule is Cc1occ2c1C(=O)CC1C2C(O)CC2C(C)(C)CCCC12C. The van der Waals surface area contributed by atoms with E-state index in [1.54, 1.807) is 6.26 Å². The van der Waals surface area contributed by atoms with Gasteiger partial charge in [-0.25, -0.2) is 0 Å². The fraction of sp³-hybridized carbons (Fsp3) is 0.750. The van der Waals surface area contributed by atoms with Crippen molar-refractivity contribution >= 4 is 5.78 Å². The third-order valence-electron chi connectivity index (χ3n) is 7.49. The lowest BCUT2D eigenvalue weighted by Crippen LogP contribution is -2.56. The maximum Gasteiger partial charge on any atom is 0.166 e. The van der Waals surface area contributed by atoms with Gasteiger partial charge >= 0.3 is 0 Å². The molecule has 0 bridgehead atoms. The predicted molar refractivity (Wildman–Crippen MR) is 88.5 cm³/mol. The average Bonchev–Trinajstić information content (AvgIpc) is 2.84. The van der Waals surface area contributed by atoms with Gasteiger partial charge < -0.3 is 9.52 Å². The van der Waals surface area contributed by atoms with E-state index in [-0.39, 0.29) is 34.6 Å². The summed E-state index contributed by atoms with van der Waals surface area (Å²) in [6, 6.07) is 0. The van der Waals surface area contributed by atoms with Crippen molar-refractivity contribution in [2.45, 2.75) is 71.8 Å². The lowest BCUT2D eigenvalue weighted by atomic mass is 9.44. The Kier molecular flexibility index (Phi) is 3.17. The van der Waals surface area contributed by atoms with Crippen molar-refractivity contribution in [2.75, 3.05) is 0 Å². The van der Waals surface area contributed by atoms with Gasteiger partial charge in [-0.2, -0.15) is 0 Å². The average molecular weight is 316 g/mol. The molecule has 126 valence electrons. The van der Waals surface area contributed by atoms with Gasteiger partial charge in [0.2, 0.25) is 0 Å². The van der Waals surface area contributed by atoms with Crippen LogP contribution in [0.25, 0.3) is 0 Å². The fourth-order valence-corrected chi connectivity index (χ4v) is 6.43. The van der Waals surface area contributed by atoms with Crippen LogP contribution in [0.1, 0.15) is 80.5 Å². The van der Waals surface area contributed by atoms with Gasteiger partial charge in [-0.3, -0.25) is 4.79 Å². The Bertz CT molecular complexity index is 656. The number of aliphatic hydroxyl groups is 1. The van der Waals surface area contributed by atoms with Crippen molar-refractivity contribution in [1.82, 2.24) is 0 Å². The number of carbonyl (C=O) groups excluding carboxylic acids is 1. The summed E-state index contributed by atoms with van der Waals surface area (Å²) >= 11 is 0. The van der Waals surface area contributed by atoms with E-state index >= 15 is 0 Å². The molecule has 1 aromatic rings. The van der Waals surface area contributed by atoms with E-state index < -0.39 is 0 Å². The Morgan fingerprint density at radius 3 is 2.74 bits per heavy atom. The number of fused-ring (bicyclic) bond motifs is 5. The van der Waals surface area contributed by atoms with E-state index in [0.717, 1.165) is 17.5 Å². The summed E-state index contributed by atoms with van der Waals surface area (Å²) in [6.45, 7) is 8.94. The second-order valence-electron chi connectivity index (χ2n) is 9.09. The van der Waals surface area contributed by atoms with Crippen molar-refractivity contribution in [1.29, 1.82) is 0 Å². The number of hydrogen-bond donors (Lipinski definition) is 1. The van der Waals surface area contributed by atoms with Crippen molar-refractivity contribution in [3.8, 4) is 0 Å². The summed E-state index contributed by atoms with van der Waals surface area (Å²) in [7, 11) is 0. The van der Waals surface area contributed by atoms with Gasteiger partial charge in [0, 0.05) is 17.9 Å². The van der Waals surface area contributed by atoms with Gasteiger partial charge in [0.15, 0.2) is 5.78 Å². The number of ketones is 1. The van der Waals surface area contributed by atoms with Gasteiger partial charge in [-0.15, -0.1) is 0 Å². The van der Waals surface area contributed by atoms with Gasteiger partial charge in [-0.1, -0.05) is 27.2 Å². The Morgan fingerprint density at radius 1 is 1.26 bits per heavy atom. The van der Waals surface area contributed by atoms with E-state index in [2.05, 4.69) is 20.8 Å². The van der Waals surface area contributed by atoms with Crippen LogP contribution in [0.4, 0.5) is 0 Å². The first kappa shape index (κ1) is 15.4. The molecule has 3 aliphatic carbocycles. The molecule has 0 spiro atoms. The van der Waals surface area contributed by atoms with Crippen molar-refractivity contribution in [3.05, 3.63) is 23.2 Å². The van der Waals surface area contributed by atoms with Gasteiger partial charge in [0.1, 0.15) is 5.76 Å². The standard InChI is InChI=1S/C20H28O3/c1-11-17-12(10-23-11)18-13(8-14(17)21)20(4)7-5-6-19(2,3)16(20)9-15(18)22/h10,13,15-16,18,22H,5-9H2,1-4H3. The van der Waals surface area contributed by atoms with E-state index in [4.69, 9.17) is 4.42 Å². The molecule has 5 unspecified atom stereocenters. The molecule has 5 atom stereocenters. The van der Waals surface area contributed by atoms with Crippen molar-refractivity contribution < 1.29 is 14.3 Å².